The summed E-state index contributed by atoms with van der Waals surface area (Å²) in [6.07, 6.45) is 2.59. The number of urea groups is 1. The fraction of sp³-hybridized carbons (Fsp3) is 0.333. The van der Waals surface area contributed by atoms with Gasteiger partial charge in [-0.15, -0.1) is 0 Å². The molecule has 3 aromatic rings. The lowest BCUT2D eigenvalue weighted by molar-refractivity contribution is 0.252. The van der Waals surface area contributed by atoms with E-state index in [2.05, 4.69) is 38.5 Å². The van der Waals surface area contributed by atoms with Crippen LogP contribution in [0.25, 0.3) is 10.9 Å². The molecule has 0 unspecified atom stereocenters. The van der Waals surface area contributed by atoms with Crippen molar-refractivity contribution in [2.75, 3.05) is 57.1 Å². The van der Waals surface area contributed by atoms with Crippen molar-refractivity contribution in [1.29, 1.82) is 5.26 Å². The number of anilines is 2. The standard InChI is InChI=1S/C24H28N6O2/c1-29-9-11-30(12-10-29)22-14-19(4-6-23(22)32-2)28-24(31)26-8-7-18-16-27-21-5-3-17(15-25)13-20(18)21/h3-6,13-14,16,27H,7-12H2,1-2H3,(H2,26,28,31). The highest BCUT2D eigenvalue weighted by atomic mass is 16.5. The van der Waals surface area contributed by atoms with Gasteiger partial charge in [-0.25, -0.2) is 4.79 Å². The fourth-order valence-corrected chi connectivity index (χ4v) is 4.00. The zero-order valence-electron chi connectivity index (χ0n) is 18.4. The summed E-state index contributed by atoms with van der Waals surface area (Å²) in [4.78, 5) is 20.3. The molecule has 0 saturated carbocycles. The van der Waals surface area contributed by atoms with Crippen LogP contribution in [0.2, 0.25) is 0 Å². The molecule has 0 aliphatic carbocycles. The molecular weight excluding hydrogens is 404 g/mol. The lowest BCUT2D eigenvalue weighted by Crippen LogP contribution is -2.44. The highest BCUT2D eigenvalue weighted by Crippen LogP contribution is 2.32. The van der Waals surface area contributed by atoms with E-state index in [-0.39, 0.29) is 6.03 Å². The van der Waals surface area contributed by atoms with Gasteiger partial charge in [-0.05, 0) is 55.4 Å². The summed E-state index contributed by atoms with van der Waals surface area (Å²) in [5.41, 5.74) is 4.39. The van der Waals surface area contributed by atoms with Gasteiger partial charge in [0.1, 0.15) is 5.75 Å². The number of ether oxygens (including phenoxy) is 1. The van der Waals surface area contributed by atoms with Crippen LogP contribution in [0.15, 0.2) is 42.6 Å². The first-order chi connectivity index (χ1) is 15.6. The van der Waals surface area contributed by atoms with Crippen molar-refractivity contribution in [3.05, 3.63) is 53.7 Å². The van der Waals surface area contributed by atoms with Gasteiger partial charge in [-0.3, -0.25) is 0 Å². The SMILES string of the molecule is COc1ccc(NC(=O)NCCc2c[nH]c3ccc(C#N)cc23)cc1N1CCN(C)CC1. The van der Waals surface area contributed by atoms with Gasteiger partial charge in [0.15, 0.2) is 0 Å². The monoisotopic (exact) mass is 432 g/mol. The van der Waals surface area contributed by atoms with Gasteiger partial charge in [0.2, 0.25) is 0 Å². The molecule has 1 aliphatic rings. The van der Waals surface area contributed by atoms with Crippen LogP contribution >= 0.6 is 0 Å². The number of nitriles is 1. The van der Waals surface area contributed by atoms with Crippen LogP contribution in [0, 0.1) is 11.3 Å². The number of methoxy groups -OCH3 is 1. The Morgan fingerprint density at radius 3 is 2.75 bits per heavy atom. The zero-order chi connectivity index (χ0) is 22.5. The molecule has 2 aromatic carbocycles. The van der Waals surface area contributed by atoms with Gasteiger partial charge in [-0.1, -0.05) is 0 Å². The van der Waals surface area contributed by atoms with Gasteiger partial charge in [0.05, 0.1) is 24.4 Å². The number of fused-ring (bicyclic) bond motifs is 1. The summed E-state index contributed by atoms with van der Waals surface area (Å²) in [6, 6.07) is 13.2. The Morgan fingerprint density at radius 2 is 2.00 bits per heavy atom. The number of likely N-dealkylation sites (N-methyl/N-ethyl adjacent to an activating group) is 1. The Bertz CT molecular complexity index is 1140. The summed E-state index contributed by atoms with van der Waals surface area (Å²) in [5.74, 6) is 0.802. The molecule has 1 aliphatic heterocycles. The minimum Gasteiger partial charge on any atom is -0.495 e. The number of hydrogen-bond donors (Lipinski definition) is 3. The molecule has 32 heavy (non-hydrogen) atoms. The quantitative estimate of drug-likeness (QED) is 0.556. The summed E-state index contributed by atoms with van der Waals surface area (Å²) >= 11 is 0. The zero-order valence-corrected chi connectivity index (χ0v) is 18.4. The number of nitrogens with zero attached hydrogens (tertiary/aromatic N) is 3. The Morgan fingerprint density at radius 1 is 1.19 bits per heavy atom. The Kier molecular flexibility index (Phi) is 6.47. The van der Waals surface area contributed by atoms with Crippen LogP contribution in [-0.4, -0.2) is 62.8 Å². The molecule has 8 nitrogen and oxygen atoms in total. The number of piperazine rings is 1. The topological polar surface area (TPSA) is 96.4 Å². The van der Waals surface area contributed by atoms with Crippen LogP contribution in [0.1, 0.15) is 11.1 Å². The molecule has 1 aromatic heterocycles. The van der Waals surface area contributed by atoms with Crippen molar-refractivity contribution in [3.8, 4) is 11.8 Å². The molecule has 1 fully saturated rings. The number of aromatic nitrogens is 1. The third kappa shape index (κ3) is 4.79. The summed E-state index contributed by atoms with van der Waals surface area (Å²) in [5, 5.41) is 16.0. The molecule has 2 heterocycles. The molecule has 0 atom stereocenters. The van der Waals surface area contributed by atoms with Crippen molar-refractivity contribution in [3.63, 3.8) is 0 Å². The largest absolute Gasteiger partial charge is 0.495 e. The van der Waals surface area contributed by atoms with E-state index in [0.717, 1.165) is 59.8 Å². The number of H-pyrrole nitrogens is 1. The molecule has 0 radical (unpaired) electrons. The van der Waals surface area contributed by atoms with Crippen LogP contribution in [-0.2, 0) is 6.42 Å². The maximum absolute atomic E-state index is 12.5. The second-order valence-corrected chi connectivity index (χ2v) is 7.99. The van der Waals surface area contributed by atoms with Crippen LogP contribution in [0.4, 0.5) is 16.2 Å². The number of carbonyl (C=O) groups excluding carboxylic acids is 1. The highest BCUT2D eigenvalue weighted by Gasteiger charge is 2.18. The van der Waals surface area contributed by atoms with Crippen molar-refractivity contribution in [2.45, 2.75) is 6.42 Å². The smallest absolute Gasteiger partial charge is 0.319 e. The number of hydrogen-bond acceptors (Lipinski definition) is 5. The lowest BCUT2D eigenvalue weighted by Gasteiger charge is -2.34. The molecule has 8 heteroatoms. The predicted molar refractivity (Wildman–Crippen MR) is 126 cm³/mol. The molecule has 166 valence electrons. The van der Waals surface area contributed by atoms with Crippen LogP contribution in [0.5, 0.6) is 5.75 Å². The minimum absolute atomic E-state index is 0.253. The molecule has 1 saturated heterocycles. The van der Waals surface area contributed by atoms with Gasteiger partial charge in [0, 0.05) is 55.5 Å². The Labute approximate surface area is 187 Å². The van der Waals surface area contributed by atoms with E-state index in [1.54, 1.807) is 13.2 Å². The molecule has 2 amide bonds. The predicted octanol–water partition coefficient (Wildman–Crippen LogP) is 3.16. The van der Waals surface area contributed by atoms with Gasteiger partial charge in [0.25, 0.3) is 0 Å². The Hall–Kier alpha value is -3.70. The van der Waals surface area contributed by atoms with Crippen molar-refractivity contribution in [2.24, 2.45) is 0 Å². The van der Waals surface area contributed by atoms with Crippen LogP contribution in [0.3, 0.4) is 0 Å². The number of carbonyl (C=O) groups is 1. The molecule has 0 bridgehead atoms. The minimum atomic E-state index is -0.253. The second-order valence-electron chi connectivity index (χ2n) is 7.99. The van der Waals surface area contributed by atoms with E-state index >= 15 is 0 Å². The van der Waals surface area contributed by atoms with Crippen molar-refractivity contribution in [1.82, 2.24) is 15.2 Å². The number of aromatic amines is 1. The van der Waals surface area contributed by atoms with Crippen molar-refractivity contribution < 1.29 is 9.53 Å². The van der Waals surface area contributed by atoms with E-state index in [4.69, 9.17) is 10.00 Å². The van der Waals surface area contributed by atoms with E-state index < -0.39 is 0 Å². The first-order valence-corrected chi connectivity index (χ1v) is 10.7. The van der Waals surface area contributed by atoms with Gasteiger partial charge in [-0.2, -0.15) is 5.26 Å². The maximum Gasteiger partial charge on any atom is 0.319 e. The maximum atomic E-state index is 12.5. The summed E-state index contributed by atoms with van der Waals surface area (Å²) in [7, 11) is 3.79. The third-order valence-corrected chi connectivity index (χ3v) is 5.86. The van der Waals surface area contributed by atoms with E-state index in [9.17, 15) is 4.79 Å². The van der Waals surface area contributed by atoms with Gasteiger partial charge >= 0.3 is 6.03 Å². The number of amides is 2. The Balaban J connectivity index is 1.36. The van der Waals surface area contributed by atoms with E-state index in [0.29, 0.717) is 18.5 Å². The molecule has 4 rings (SSSR count). The number of nitrogens with one attached hydrogen (secondary N) is 3. The van der Waals surface area contributed by atoms with E-state index in [1.807, 2.05) is 36.5 Å². The number of benzene rings is 2. The first kappa shape index (κ1) is 21.5. The van der Waals surface area contributed by atoms with Gasteiger partial charge < -0.3 is 30.2 Å². The average Bonchev–Trinajstić information content (AvgIpc) is 3.21. The number of rotatable bonds is 6. The lowest BCUT2D eigenvalue weighted by atomic mass is 10.1. The van der Waals surface area contributed by atoms with Crippen molar-refractivity contribution >= 4 is 28.3 Å². The van der Waals surface area contributed by atoms with E-state index in [1.165, 1.54) is 0 Å². The molecule has 3 N–H and O–H groups in total. The summed E-state index contributed by atoms with van der Waals surface area (Å²) in [6.45, 7) is 4.30. The molecular formula is C24H28N6O2. The third-order valence-electron chi connectivity index (χ3n) is 5.86. The summed E-state index contributed by atoms with van der Waals surface area (Å²) < 4.78 is 5.54. The average molecular weight is 433 g/mol. The van der Waals surface area contributed by atoms with Crippen LogP contribution < -0.4 is 20.3 Å². The highest BCUT2D eigenvalue weighted by molar-refractivity contribution is 5.90. The normalized spacial score (nSPS) is 14.2. The fourth-order valence-electron chi connectivity index (χ4n) is 4.00. The second kappa shape index (κ2) is 9.62. The first-order valence-electron chi connectivity index (χ1n) is 10.7. The molecule has 0 spiro atoms.